The highest BCUT2D eigenvalue weighted by Gasteiger charge is 2.52. The molecule has 0 radical (unpaired) electrons. The molecule has 0 saturated carbocycles. The summed E-state index contributed by atoms with van der Waals surface area (Å²) >= 11 is 0. The van der Waals surface area contributed by atoms with Crippen molar-refractivity contribution in [2.75, 3.05) is 19.9 Å². The van der Waals surface area contributed by atoms with E-state index in [1.165, 1.54) is 16.0 Å². The number of hydrogen-bond donors (Lipinski definition) is 0. The van der Waals surface area contributed by atoms with Gasteiger partial charge in [0.1, 0.15) is 0 Å². The fourth-order valence-electron chi connectivity index (χ4n) is 4.43. The Morgan fingerprint density at radius 2 is 1.64 bits per heavy atom. The van der Waals surface area contributed by atoms with Crippen LogP contribution in [-0.4, -0.2) is 41.5 Å². The molecule has 2 amide bonds. The molecule has 0 aromatic heterocycles. The van der Waals surface area contributed by atoms with Crippen LogP contribution in [0.15, 0.2) is 42.5 Å². The minimum Gasteiger partial charge on any atom is -0.454 e. The van der Waals surface area contributed by atoms with Gasteiger partial charge in [-0.15, -0.1) is 0 Å². The third kappa shape index (κ3) is 2.85. The maximum atomic E-state index is 12.9. The van der Waals surface area contributed by atoms with E-state index in [1.807, 2.05) is 30.3 Å². The average molecular weight is 378 g/mol. The summed E-state index contributed by atoms with van der Waals surface area (Å²) in [4.78, 5) is 29.5. The second kappa shape index (κ2) is 6.63. The quantitative estimate of drug-likeness (QED) is 0.765. The number of ether oxygens (including phenoxy) is 2. The lowest BCUT2D eigenvalue weighted by Crippen LogP contribution is -2.35. The molecule has 2 aromatic rings. The normalized spacial score (nSPS) is 23.5. The molecule has 3 heterocycles. The molecule has 6 nitrogen and oxygen atoms in total. The zero-order valence-electron chi connectivity index (χ0n) is 15.8. The van der Waals surface area contributed by atoms with E-state index in [4.69, 9.17) is 9.47 Å². The summed E-state index contributed by atoms with van der Waals surface area (Å²) in [5, 5.41) is 0. The van der Waals surface area contributed by atoms with E-state index in [2.05, 4.69) is 24.0 Å². The number of fused-ring (bicyclic) bond motifs is 2. The summed E-state index contributed by atoms with van der Waals surface area (Å²) in [5.74, 6) is 0.795. The number of rotatable bonds is 4. The van der Waals surface area contributed by atoms with Crippen LogP contribution in [-0.2, 0) is 22.7 Å². The summed E-state index contributed by atoms with van der Waals surface area (Å²) in [7, 11) is 0. The maximum absolute atomic E-state index is 12.9. The van der Waals surface area contributed by atoms with Crippen LogP contribution in [0.4, 0.5) is 0 Å². The predicted molar refractivity (Wildman–Crippen MR) is 102 cm³/mol. The van der Waals surface area contributed by atoms with Gasteiger partial charge in [0.15, 0.2) is 11.5 Å². The van der Waals surface area contributed by atoms with Crippen LogP contribution >= 0.6 is 0 Å². The van der Waals surface area contributed by atoms with Crippen molar-refractivity contribution in [3.05, 3.63) is 59.2 Å². The molecule has 6 heteroatoms. The number of hydrogen-bond acceptors (Lipinski definition) is 5. The number of likely N-dealkylation sites (tertiary alicyclic amines) is 2. The fraction of sp³-hybridized carbons (Fsp3) is 0.364. The summed E-state index contributed by atoms with van der Waals surface area (Å²) in [6, 6.07) is 13.8. The number of carbonyl (C=O) groups excluding carboxylic acids is 2. The lowest BCUT2D eigenvalue weighted by atomic mass is 10.00. The van der Waals surface area contributed by atoms with E-state index < -0.39 is 0 Å². The van der Waals surface area contributed by atoms with Crippen LogP contribution in [0.1, 0.15) is 16.7 Å². The zero-order valence-corrected chi connectivity index (χ0v) is 15.8. The van der Waals surface area contributed by atoms with Crippen molar-refractivity contribution in [3.63, 3.8) is 0 Å². The summed E-state index contributed by atoms with van der Waals surface area (Å²) in [6.45, 7) is 4.65. The number of benzene rings is 2. The molecular weight excluding hydrogens is 356 g/mol. The van der Waals surface area contributed by atoms with Crippen molar-refractivity contribution < 1.29 is 19.1 Å². The average Bonchev–Trinajstić information content (AvgIpc) is 3.37. The lowest BCUT2D eigenvalue weighted by Gasteiger charge is -2.21. The predicted octanol–water partition coefficient (Wildman–Crippen LogP) is 2.34. The Morgan fingerprint density at radius 1 is 0.929 bits per heavy atom. The molecule has 0 bridgehead atoms. The molecule has 0 N–H and O–H groups in total. The Balaban J connectivity index is 1.28. The van der Waals surface area contributed by atoms with Crippen LogP contribution in [0.2, 0.25) is 0 Å². The van der Waals surface area contributed by atoms with Crippen molar-refractivity contribution in [3.8, 4) is 11.5 Å². The van der Waals surface area contributed by atoms with Crippen LogP contribution in [0.5, 0.6) is 11.5 Å². The summed E-state index contributed by atoms with van der Waals surface area (Å²) in [6.07, 6.45) is 0. The van der Waals surface area contributed by atoms with Gasteiger partial charge in [0.05, 0.1) is 18.4 Å². The first kappa shape index (κ1) is 17.3. The highest BCUT2D eigenvalue weighted by Crippen LogP contribution is 2.37. The molecule has 0 spiro atoms. The first-order valence-electron chi connectivity index (χ1n) is 9.61. The van der Waals surface area contributed by atoms with Crippen molar-refractivity contribution in [1.29, 1.82) is 0 Å². The second-order valence-electron chi connectivity index (χ2n) is 7.78. The van der Waals surface area contributed by atoms with E-state index in [0.29, 0.717) is 31.1 Å². The smallest absolute Gasteiger partial charge is 0.234 e. The minimum atomic E-state index is -0.231. The Morgan fingerprint density at radius 3 is 2.39 bits per heavy atom. The Labute approximate surface area is 163 Å². The molecule has 2 atom stereocenters. The molecular formula is C22H22N2O4. The minimum absolute atomic E-state index is 0.0556. The summed E-state index contributed by atoms with van der Waals surface area (Å²) < 4.78 is 10.7. The van der Waals surface area contributed by atoms with Gasteiger partial charge in [0.2, 0.25) is 18.6 Å². The van der Waals surface area contributed by atoms with E-state index in [1.54, 1.807) is 0 Å². The highest BCUT2D eigenvalue weighted by atomic mass is 16.7. The van der Waals surface area contributed by atoms with E-state index >= 15 is 0 Å². The molecule has 5 rings (SSSR count). The largest absolute Gasteiger partial charge is 0.454 e. The van der Waals surface area contributed by atoms with Gasteiger partial charge in [-0.2, -0.15) is 0 Å². The second-order valence-corrected chi connectivity index (χ2v) is 7.78. The van der Waals surface area contributed by atoms with Crippen LogP contribution in [0, 0.1) is 18.8 Å². The van der Waals surface area contributed by atoms with Gasteiger partial charge in [0, 0.05) is 19.6 Å². The first-order valence-corrected chi connectivity index (χ1v) is 9.61. The highest BCUT2D eigenvalue weighted by molar-refractivity contribution is 6.05. The van der Waals surface area contributed by atoms with Gasteiger partial charge in [0.25, 0.3) is 0 Å². The zero-order chi connectivity index (χ0) is 19.3. The lowest BCUT2D eigenvalue weighted by molar-refractivity contribution is -0.141. The number of amides is 2. The Kier molecular flexibility index (Phi) is 4.09. The van der Waals surface area contributed by atoms with Crippen molar-refractivity contribution in [1.82, 2.24) is 9.80 Å². The van der Waals surface area contributed by atoms with Gasteiger partial charge >= 0.3 is 0 Å². The summed E-state index contributed by atoms with van der Waals surface area (Å²) in [5.41, 5.74) is 3.36. The Bertz CT molecular complexity index is 933. The van der Waals surface area contributed by atoms with Crippen LogP contribution in [0.25, 0.3) is 0 Å². The SMILES string of the molecule is Cc1ccccc1CN1C[C@@H]2C(=O)N(Cc3ccc4c(c3)OCO4)C(=O)[C@@H]2C1. The number of nitrogens with zero attached hydrogens (tertiary/aromatic N) is 2. The van der Waals surface area contributed by atoms with E-state index in [9.17, 15) is 9.59 Å². The number of carbonyl (C=O) groups is 2. The van der Waals surface area contributed by atoms with Gasteiger partial charge in [-0.1, -0.05) is 30.3 Å². The van der Waals surface area contributed by atoms with Gasteiger partial charge in [-0.25, -0.2) is 0 Å². The maximum Gasteiger partial charge on any atom is 0.234 e. The fourth-order valence-corrected chi connectivity index (χ4v) is 4.43. The standard InChI is InChI=1S/C22H22N2O4/c1-14-4-2-3-5-16(14)10-23-11-17-18(12-23)22(26)24(21(17)25)9-15-6-7-19-20(8-15)28-13-27-19/h2-8,17-18H,9-13H2,1H3/t17-,18+. The van der Waals surface area contributed by atoms with Gasteiger partial charge in [-0.05, 0) is 35.7 Å². The van der Waals surface area contributed by atoms with Gasteiger partial charge < -0.3 is 9.47 Å². The molecule has 2 aromatic carbocycles. The molecule has 144 valence electrons. The molecule has 2 saturated heterocycles. The molecule has 2 fully saturated rings. The number of imide groups is 1. The Hall–Kier alpha value is -2.86. The first-order chi connectivity index (χ1) is 13.6. The molecule has 0 unspecified atom stereocenters. The van der Waals surface area contributed by atoms with Crippen LogP contribution < -0.4 is 9.47 Å². The van der Waals surface area contributed by atoms with Crippen molar-refractivity contribution >= 4 is 11.8 Å². The van der Waals surface area contributed by atoms with E-state index in [0.717, 1.165) is 12.1 Å². The number of aryl methyl sites for hydroxylation is 1. The topological polar surface area (TPSA) is 59.1 Å². The third-order valence-corrected chi connectivity index (χ3v) is 5.99. The van der Waals surface area contributed by atoms with E-state index in [-0.39, 0.29) is 30.4 Å². The molecule has 3 aliphatic rings. The monoisotopic (exact) mass is 378 g/mol. The third-order valence-electron chi connectivity index (χ3n) is 5.99. The van der Waals surface area contributed by atoms with Crippen molar-refractivity contribution in [2.45, 2.75) is 20.0 Å². The van der Waals surface area contributed by atoms with Crippen molar-refractivity contribution in [2.24, 2.45) is 11.8 Å². The molecule has 28 heavy (non-hydrogen) atoms. The van der Waals surface area contributed by atoms with Gasteiger partial charge in [-0.3, -0.25) is 19.4 Å². The molecule has 3 aliphatic heterocycles. The van der Waals surface area contributed by atoms with Crippen LogP contribution in [0.3, 0.4) is 0 Å². The molecule has 0 aliphatic carbocycles.